The predicted molar refractivity (Wildman–Crippen MR) is 39.7 cm³/mol. The summed E-state index contributed by atoms with van der Waals surface area (Å²) in [6, 6.07) is 0. The van der Waals surface area contributed by atoms with Gasteiger partial charge < -0.3 is 4.74 Å². The van der Waals surface area contributed by atoms with E-state index in [9.17, 15) is 0 Å². The van der Waals surface area contributed by atoms with Crippen molar-refractivity contribution in [3.05, 3.63) is 0 Å². The van der Waals surface area contributed by atoms with Crippen molar-refractivity contribution in [2.24, 2.45) is 5.92 Å². The minimum atomic E-state index is 0.0862. The van der Waals surface area contributed by atoms with Crippen LogP contribution in [0.15, 0.2) is 0 Å². The second-order valence-corrected chi connectivity index (χ2v) is 3.52. The molecule has 2 heteroatoms. The Morgan fingerprint density at radius 3 is 3.10 bits per heavy atom. The molecule has 1 aliphatic carbocycles. The van der Waals surface area contributed by atoms with E-state index in [1.54, 1.807) is 0 Å². The fourth-order valence-electron chi connectivity index (χ4n) is 2.28. The van der Waals surface area contributed by atoms with Crippen LogP contribution in [0.1, 0.15) is 25.7 Å². The molecule has 2 atom stereocenters. The van der Waals surface area contributed by atoms with Gasteiger partial charge in [0.05, 0.1) is 0 Å². The topological polar surface area (TPSA) is 21.3 Å². The van der Waals surface area contributed by atoms with Crippen LogP contribution in [0.3, 0.4) is 0 Å². The second kappa shape index (κ2) is 2.21. The number of ether oxygens (including phenoxy) is 1. The molecule has 0 spiro atoms. The first-order chi connectivity index (χ1) is 4.85. The molecule has 0 radical (unpaired) electrons. The zero-order valence-corrected chi connectivity index (χ0v) is 6.52. The normalized spacial score (nSPS) is 45.9. The van der Waals surface area contributed by atoms with Crippen LogP contribution in [0.2, 0.25) is 0 Å². The van der Waals surface area contributed by atoms with Gasteiger partial charge in [-0.25, -0.2) is 0 Å². The van der Waals surface area contributed by atoms with E-state index in [0.29, 0.717) is 0 Å². The van der Waals surface area contributed by atoms with E-state index in [0.717, 1.165) is 12.5 Å². The highest BCUT2D eigenvalue weighted by molar-refractivity contribution is 4.92. The summed E-state index contributed by atoms with van der Waals surface area (Å²) in [5.41, 5.74) is 0.0862. The Morgan fingerprint density at radius 1 is 1.50 bits per heavy atom. The van der Waals surface area contributed by atoms with Gasteiger partial charge in [-0.05, 0) is 38.1 Å². The van der Waals surface area contributed by atoms with Crippen molar-refractivity contribution in [2.75, 3.05) is 13.7 Å². The van der Waals surface area contributed by atoms with Crippen molar-refractivity contribution in [3.63, 3.8) is 0 Å². The fourth-order valence-corrected chi connectivity index (χ4v) is 2.28. The predicted octanol–water partition coefficient (Wildman–Crippen LogP) is 1.12. The largest absolute Gasteiger partial charge is 0.364 e. The van der Waals surface area contributed by atoms with Crippen molar-refractivity contribution in [2.45, 2.75) is 31.4 Å². The third-order valence-electron chi connectivity index (χ3n) is 2.97. The lowest BCUT2D eigenvalue weighted by Crippen LogP contribution is -2.47. The summed E-state index contributed by atoms with van der Waals surface area (Å²) in [6.07, 6.45) is 5.17. The van der Waals surface area contributed by atoms with Crippen molar-refractivity contribution < 1.29 is 4.74 Å². The monoisotopic (exact) mass is 141 g/mol. The first kappa shape index (κ1) is 6.62. The number of hydrogen-bond donors (Lipinski definition) is 1. The van der Waals surface area contributed by atoms with Crippen LogP contribution in [-0.4, -0.2) is 19.4 Å². The van der Waals surface area contributed by atoms with Gasteiger partial charge in [-0.3, -0.25) is 5.32 Å². The van der Waals surface area contributed by atoms with E-state index in [2.05, 4.69) is 5.32 Å². The maximum Gasteiger partial charge on any atom is 0.119 e. The number of rotatable bonds is 1. The van der Waals surface area contributed by atoms with Crippen LogP contribution in [0.4, 0.5) is 0 Å². The quantitative estimate of drug-likeness (QED) is 0.591. The molecule has 1 saturated heterocycles. The second-order valence-electron chi connectivity index (χ2n) is 3.52. The zero-order valence-electron chi connectivity index (χ0n) is 6.52. The number of nitrogens with one attached hydrogen (secondary N) is 1. The standard InChI is InChI=1S/C8H15NO/c1-10-8-4-2-7(6-8)3-5-9-8/h7,9H,2-6H2,1H3. The third-order valence-corrected chi connectivity index (χ3v) is 2.97. The molecule has 1 aliphatic heterocycles. The highest BCUT2D eigenvalue weighted by Gasteiger charge is 2.41. The van der Waals surface area contributed by atoms with E-state index in [1.807, 2.05) is 7.11 Å². The Bertz CT molecular complexity index is 133. The summed E-state index contributed by atoms with van der Waals surface area (Å²) < 4.78 is 5.46. The average molecular weight is 141 g/mol. The third kappa shape index (κ3) is 0.867. The van der Waals surface area contributed by atoms with Gasteiger partial charge >= 0.3 is 0 Å². The fraction of sp³-hybridized carbons (Fsp3) is 1.00. The summed E-state index contributed by atoms with van der Waals surface area (Å²) in [5, 5.41) is 3.45. The molecule has 2 unspecified atom stereocenters. The molecule has 1 N–H and O–H groups in total. The minimum Gasteiger partial charge on any atom is -0.364 e. The molecule has 0 aromatic heterocycles. The van der Waals surface area contributed by atoms with Gasteiger partial charge in [0.2, 0.25) is 0 Å². The minimum absolute atomic E-state index is 0.0862. The van der Waals surface area contributed by atoms with Crippen molar-refractivity contribution in [3.8, 4) is 0 Å². The smallest absolute Gasteiger partial charge is 0.119 e. The van der Waals surface area contributed by atoms with Gasteiger partial charge in [-0.15, -0.1) is 0 Å². The van der Waals surface area contributed by atoms with E-state index >= 15 is 0 Å². The van der Waals surface area contributed by atoms with Crippen LogP contribution in [-0.2, 0) is 4.74 Å². The van der Waals surface area contributed by atoms with Crippen LogP contribution in [0.5, 0.6) is 0 Å². The summed E-state index contributed by atoms with van der Waals surface area (Å²) >= 11 is 0. The number of hydrogen-bond acceptors (Lipinski definition) is 2. The molecule has 0 aromatic carbocycles. The Labute approximate surface area is 61.9 Å². The van der Waals surface area contributed by atoms with Crippen molar-refractivity contribution in [1.82, 2.24) is 5.32 Å². The van der Waals surface area contributed by atoms with E-state index in [1.165, 1.54) is 25.7 Å². The molecule has 2 nitrogen and oxygen atoms in total. The molecule has 2 rings (SSSR count). The maximum absolute atomic E-state index is 5.46. The molecule has 58 valence electrons. The van der Waals surface area contributed by atoms with Gasteiger partial charge in [0.15, 0.2) is 0 Å². The molecule has 0 amide bonds. The number of methoxy groups -OCH3 is 1. The lowest BCUT2D eigenvalue weighted by Gasteiger charge is -2.32. The van der Waals surface area contributed by atoms with Crippen LogP contribution >= 0.6 is 0 Å². The number of fused-ring (bicyclic) bond motifs is 2. The Morgan fingerprint density at radius 2 is 2.40 bits per heavy atom. The molecular formula is C8H15NO. The van der Waals surface area contributed by atoms with Gasteiger partial charge in [0.25, 0.3) is 0 Å². The number of piperidine rings is 1. The highest BCUT2D eigenvalue weighted by Crippen LogP contribution is 2.39. The summed E-state index contributed by atoms with van der Waals surface area (Å²) in [4.78, 5) is 0. The summed E-state index contributed by atoms with van der Waals surface area (Å²) in [5.74, 6) is 0.946. The van der Waals surface area contributed by atoms with E-state index < -0.39 is 0 Å². The summed E-state index contributed by atoms with van der Waals surface area (Å²) in [7, 11) is 1.82. The van der Waals surface area contributed by atoms with Crippen LogP contribution < -0.4 is 5.32 Å². The highest BCUT2D eigenvalue weighted by atomic mass is 16.5. The Kier molecular flexibility index (Phi) is 1.46. The van der Waals surface area contributed by atoms with Crippen LogP contribution in [0, 0.1) is 5.92 Å². The first-order valence-electron chi connectivity index (χ1n) is 4.15. The van der Waals surface area contributed by atoms with Crippen LogP contribution in [0.25, 0.3) is 0 Å². The van der Waals surface area contributed by atoms with E-state index in [4.69, 9.17) is 4.74 Å². The van der Waals surface area contributed by atoms with Gasteiger partial charge in [-0.1, -0.05) is 0 Å². The lowest BCUT2D eigenvalue weighted by molar-refractivity contribution is -0.0460. The molecule has 2 bridgehead atoms. The maximum atomic E-state index is 5.46. The molecule has 2 fully saturated rings. The van der Waals surface area contributed by atoms with E-state index in [-0.39, 0.29) is 5.72 Å². The molecule has 1 saturated carbocycles. The molecule has 1 heterocycles. The lowest BCUT2D eigenvalue weighted by atomic mass is 9.99. The molecular weight excluding hydrogens is 126 g/mol. The van der Waals surface area contributed by atoms with Gasteiger partial charge in [0, 0.05) is 7.11 Å². The molecule has 10 heavy (non-hydrogen) atoms. The van der Waals surface area contributed by atoms with Gasteiger partial charge in [0.1, 0.15) is 5.72 Å². The molecule has 0 aromatic rings. The Balaban J connectivity index is 2.10. The van der Waals surface area contributed by atoms with Crippen molar-refractivity contribution in [1.29, 1.82) is 0 Å². The Hall–Kier alpha value is -0.0800. The average Bonchev–Trinajstić information content (AvgIpc) is 2.29. The van der Waals surface area contributed by atoms with Gasteiger partial charge in [-0.2, -0.15) is 0 Å². The SMILES string of the molecule is COC12CCC(CCN1)C2. The zero-order chi connectivity index (χ0) is 7.03. The summed E-state index contributed by atoms with van der Waals surface area (Å²) in [6.45, 7) is 1.15. The van der Waals surface area contributed by atoms with Crippen molar-refractivity contribution >= 4 is 0 Å². The molecule has 2 aliphatic rings. The first-order valence-corrected chi connectivity index (χ1v) is 4.15.